The Hall–Kier alpha value is -2.01. The highest BCUT2D eigenvalue weighted by Gasteiger charge is 2.17. The number of nitrogens with zero attached hydrogens (tertiary/aromatic N) is 1. The third-order valence-corrected chi connectivity index (χ3v) is 3.84. The first-order valence-corrected chi connectivity index (χ1v) is 7.39. The lowest BCUT2D eigenvalue weighted by Crippen LogP contribution is -2.14. The minimum atomic E-state index is -3.76. The number of anilines is 1. The van der Waals surface area contributed by atoms with Crippen LogP contribution in [0.5, 0.6) is 0 Å². The van der Waals surface area contributed by atoms with Crippen molar-refractivity contribution in [1.82, 2.24) is 9.97 Å². The van der Waals surface area contributed by atoms with E-state index < -0.39 is 10.0 Å². The first kappa shape index (κ1) is 14.4. The van der Waals surface area contributed by atoms with Crippen LogP contribution in [0.4, 0.5) is 5.69 Å². The molecule has 0 spiro atoms. The highest BCUT2D eigenvalue weighted by Crippen LogP contribution is 2.23. The molecule has 0 radical (unpaired) electrons. The molecule has 0 fully saturated rings. The maximum Gasteiger partial charge on any atom is 0.279 e. The molecule has 0 atom stereocenters. The largest absolute Gasteiger partial charge is 0.334 e. The fourth-order valence-corrected chi connectivity index (χ4v) is 2.59. The molecule has 0 unspecified atom stereocenters. The van der Waals surface area contributed by atoms with Crippen molar-refractivity contribution >= 4 is 27.3 Å². The Balaban J connectivity index is 2.40. The zero-order valence-corrected chi connectivity index (χ0v) is 11.8. The molecule has 0 amide bonds. The minimum Gasteiger partial charge on any atom is -0.334 e. The third kappa shape index (κ3) is 3.30. The molecule has 0 aliphatic rings. The van der Waals surface area contributed by atoms with E-state index in [0.29, 0.717) is 10.6 Å². The normalized spacial score (nSPS) is 10.7. The number of hydrogen-bond donors (Lipinski definition) is 3. The van der Waals surface area contributed by atoms with Crippen LogP contribution in [0.25, 0.3) is 0 Å². The lowest BCUT2D eigenvalue weighted by Gasteiger charge is -2.08. The van der Waals surface area contributed by atoms with Gasteiger partial charge in [-0.15, -0.1) is 0 Å². The van der Waals surface area contributed by atoms with Gasteiger partial charge in [-0.1, -0.05) is 23.4 Å². The van der Waals surface area contributed by atoms with Gasteiger partial charge in [-0.05, 0) is 18.2 Å². The van der Waals surface area contributed by atoms with Gasteiger partial charge in [0.15, 0.2) is 5.03 Å². The van der Waals surface area contributed by atoms with Crippen molar-refractivity contribution in [2.45, 2.75) is 5.03 Å². The van der Waals surface area contributed by atoms with E-state index in [2.05, 4.69) is 26.5 Å². The summed E-state index contributed by atoms with van der Waals surface area (Å²) < 4.78 is 26.6. The molecule has 2 aromatic rings. The summed E-state index contributed by atoms with van der Waals surface area (Å²) in [6.45, 7) is 0.176. The number of nitrogens with two attached hydrogens (primary N) is 1. The Morgan fingerprint density at radius 3 is 2.90 bits per heavy atom. The van der Waals surface area contributed by atoms with Crippen molar-refractivity contribution < 1.29 is 8.42 Å². The molecule has 0 saturated heterocycles. The summed E-state index contributed by atoms with van der Waals surface area (Å²) in [4.78, 5) is 6.20. The van der Waals surface area contributed by atoms with Gasteiger partial charge in [0.2, 0.25) is 0 Å². The van der Waals surface area contributed by atoms with Crippen LogP contribution < -0.4 is 10.5 Å². The zero-order chi connectivity index (χ0) is 14.6. The van der Waals surface area contributed by atoms with Crippen molar-refractivity contribution in [2.24, 2.45) is 5.73 Å². The fourth-order valence-electron chi connectivity index (χ4n) is 1.45. The maximum atomic E-state index is 12.1. The standard InChI is InChI=1S/C12H11ClN4O2S/c13-10-4-3-9(2-1-5-14)11(6-10)17-20(18,19)12-7-15-8-16-12/h3-4,6-8,17H,5,14H2,(H,15,16). The van der Waals surface area contributed by atoms with Crippen LogP contribution >= 0.6 is 11.6 Å². The molecule has 1 heterocycles. The number of imidazole rings is 1. The number of H-pyrrole nitrogens is 1. The second-order valence-electron chi connectivity index (χ2n) is 3.72. The molecule has 4 N–H and O–H groups in total. The number of sulfonamides is 1. The number of nitrogens with one attached hydrogen (secondary N) is 2. The van der Waals surface area contributed by atoms with Crippen LogP contribution in [-0.4, -0.2) is 24.9 Å². The highest BCUT2D eigenvalue weighted by molar-refractivity contribution is 7.92. The Morgan fingerprint density at radius 2 is 2.25 bits per heavy atom. The van der Waals surface area contributed by atoms with E-state index in [1.54, 1.807) is 12.1 Å². The summed E-state index contributed by atoms with van der Waals surface area (Å²) >= 11 is 5.88. The van der Waals surface area contributed by atoms with Crippen molar-refractivity contribution in [3.63, 3.8) is 0 Å². The van der Waals surface area contributed by atoms with Gasteiger partial charge in [0.05, 0.1) is 24.8 Å². The molecular formula is C12H11ClN4O2S. The van der Waals surface area contributed by atoms with Crippen molar-refractivity contribution in [3.05, 3.63) is 41.3 Å². The summed E-state index contributed by atoms with van der Waals surface area (Å²) in [5.74, 6) is 5.45. The number of halogens is 1. The van der Waals surface area contributed by atoms with Gasteiger partial charge in [-0.25, -0.2) is 4.98 Å². The van der Waals surface area contributed by atoms with E-state index in [9.17, 15) is 8.42 Å². The van der Waals surface area contributed by atoms with E-state index >= 15 is 0 Å². The van der Waals surface area contributed by atoms with Gasteiger partial charge in [-0.2, -0.15) is 8.42 Å². The van der Waals surface area contributed by atoms with Crippen LogP contribution in [0.3, 0.4) is 0 Å². The second-order valence-corrected chi connectivity index (χ2v) is 5.80. The first-order chi connectivity index (χ1) is 9.53. The Kier molecular flexibility index (Phi) is 4.29. The molecule has 1 aromatic carbocycles. The van der Waals surface area contributed by atoms with Crippen LogP contribution in [-0.2, 0) is 10.0 Å². The van der Waals surface area contributed by atoms with E-state index in [1.807, 2.05) is 0 Å². The summed E-state index contributed by atoms with van der Waals surface area (Å²) in [6, 6.07) is 4.72. The van der Waals surface area contributed by atoms with Crippen LogP contribution in [0.2, 0.25) is 5.02 Å². The van der Waals surface area contributed by atoms with Crippen LogP contribution in [0.15, 0.2) is 35.7 Å². The van der Waals surface area contributed by atoms with Gasteiger partial charge >= 0.3 is 0 Å². The molecule has 8 heteroatoms. The van der Waals surface area contributed by atoms with E-state index in [4.69, 9.17) is 17.3 Å². The monoisotopic (exact) mass is 310 g/mol. The average Bonchev–Trinajstić information content (AvgIpc) is 2.92. The quantitative estimate of drug-likeness (QED) is 0.741. The first-order valence-electron chi connectivity index (χ1n) is 5.52. The molecule has 104 valence electrons. The zero-order valence-electron chi connectivity index (χ0n) is 10.2. The molecule has 0 aliphatic heterocycles. The van der Waals surface area contributed by atoms with Crippen molar-refractivity contribution in [2.75, 3.05) is 11.3 Å². The number of aromatic nitrogens is 2. The Bertz CT molecular complexity index is 760. The molecule has 2 rings (SSSR count). The van der Waals surface area contributed by atoms with E-state index in [-0.39, 0.29) is 17.3 Å². The lowest BCUT2D eigenvalue weighted by atomic mass is 10.2. The molecular weight excluding hydrogens is 300 g/mol. The van der Waals surface area contributed by atoms with Gasteiger partial charge < -0.3 is 10.7 Å². The number of aromatic amines is 1. The molecule has 0 bridgehead atoms. The number of rotatable bonds is 3. The van der Waals surface area contributed by atoms with E-state index in [1.165, 1.54) is 18.6 Å². The third-order valence-electron chi connectivity index (χ3n) is 2.31. The van der Waals surface area contributed by atoms with Crippen molar-refractivity contribution in [3.8, 4) is 11.8 Å². The predicted octanol–water partition coefficient (Wildman–Crippen LogP) is 1.17. The Labute approximate surface area is 121 Å². The van der Waals surface area contributed by atoms with Crippen molar-refractivity contribution in [1.29, 1.82) is 0 Å². The molecule has 6 nitrogen and oxygen atoms in total. The minimum absolute atomic E-state index is 0.0461. The molecule has 0 aliphatic carbocycles. The maximum absolute atomic E-state index is 12.1. The lowest BCUT2D eigenvalue weighted by molar-refractivity contribution is 0.598. The van der Waals surface area contributed by atoms with Crippen LogP contribution in [0.1, 0.15) is 5.56 Å². The van der Waals surface area contributed by atoms with Gasteiger partial charge in [0.1, 0.15) is 0 Å². The van der Waals surface area contributed by atoms with Gasteiger partial charge in [0, 0.05) is 10.6 Å². The smallest absolute Gasteiger partial charge is 0.279 e. The van der Waals surface area contributed by atoms with Gasteiger partial charge in [0.25, 0.3) is 10.0 Å². The van der Waals surface area contributed by atoms with E-state index in [0.717, 1.165) is 0 Å². The van der Waals surface area contributed by atoms with Gasteiger partial charge in [-0.3, -0.25) is 4.72 Å². The second kappa shape index (κ2) is 5.96. The number of hydrogen-bond acceptors (Lipinski definition) is 4. The Morgan fingerprint density at radius 1 is 1.45 bits per heavy atom. The molecule has 20 heavy (non-hydrogen) atoms. The van der Waals surface area contributed by atoms with Crippen LogP contribution in [0, 0.1) is 11.8 Å². The molecule has 0 saturated carbocycles. The summed E-state index contributed by atoms with van der Waals surface area (Å²) in [5.41, 5.74) is 6.08. The summed E-state index contributed by atoms with van der Waals surface area (Å²) in [5, 5.41) is 0.348. The molecule has 1 aromatic heterocycles. The predicted molar refractivity (Wildman–Crippen MR) is 76.8 cm³/mol. The summed E-state index contributed by atoms with van der Waals surface area (Å²) in [7, 11) is -3.76. The SMILES string of the molecule is NCC#Cc1ccc(Cl)cc1NS(=O)(=O)c1cnc[nH]1. The summed E-state index contributed by atoms with van der Waals surface area (Å²) in [6.07, 6.45) is 2.49. The fraction of sp³-hybridized carbons (Fsp3) is 0.0833. The number of benzene rings is 1. The average molecular weight is 311 g/mol. The highest BCUT2D eigenvalue weighted by atomic mass is 35.5. The topological polar surface area (TPSA) is 101 Å².